The second kappa shape index (κ2) is 7.47. The van der Waals surface area contributed by atoms with Gasteiger partial charge in [-0.2, -0.15) is 5.10 Å². The van der Waals surface area contributed by atoms with Crippen molar-refractivity contribution in [2.45, 2.75) is 6.10 Å². The van der Waals surface area contributed by atoms with Gasteiger partial charge < -0.3 is 14.6 Å². The van der Waals surface area contributed by atoms with Crippen LogP contribution in [0.25, 0.3) is 10.8 Å². The summed E-state index contributed by atoms with van der Waals surface area (Å²) in [5.74, 6) is -0.0771. The normalized spacial score (nSPS) is 15.4. The van der Waals surface area contributed by atoms with E-state index in [4.69, 9.17) is 9.47 Å². The van der Waals surface area contributed by atoms with Crippen molar-refractivity contribution < 1.29 is 24.3 Å². The summed E-state index contributed by atoms with van der Waals surface area (Å²) in [6, 6.07) is 15.4. The molecule has 1 aliphatic rings. The van der Waals surface area contributed by atoms with E-state index in [9.17, 15) is 20.0 Å². The zero-order chi connectivity index (χ0) is 20.4. The molecule has 0 bridgehead atoms. The summed E-state index contributed by atoms with van der Waals surface area (Å²) in [4.78, 5) is 22.5. The largest absolute Gasteiger partial charge is 0.502 e. The van der Waals surface area contributed by atoms with Crippen LogP contribution in [0.1, 0.15) is 5.56 Å². The number of nitro benzene ring substituents is 1. The number of nitrogens with one attached hydrogen (secondary N) is 1. The number of benzene rings is 3. The summed E-state index contributed by atoms with van der Waals surface area (Å²) in [5, 5.41) is 26.4. The summed E-state index contributed by atoms with van der Waals surface area (Å²) in [6.07, 6.45) is 0.199. The highest BCUT2D eigenvalue weighted by molar-refractivity contribution is 5.89. The first-order chi connectivity index (χ1) is 14.0. The number of ether oxygens (including phenoxy) is 2. The zero-order valence-corrected chi connectivity index (χ0v) is 14.9. The second-order valence-electron chi connectivity index (χ2n) is 6.27. The number of phenolic OH excluding ortho intramolecular Hbond substituents is 1. The molecule has 29 heavy (non-hydrogen) atoms. The molecule has 0 saturated carbocycles. The number of nitrogens with zero attached hydrogens (tertiary/aromatic N) is 2. The fourth-order valence-electron chi connectivity index (χ4n) is 2.92. The number of para-hydroxylation sites is 1. The number of phenols is 1. The molecule has 1 unspecified atom stereocenters. The van der Waals surface area contributed by atoms with Gasteiger partial charge in [0.25, 0.3) is 5.91 Å². The third kappa shape index (κ3) is 3.65. The van der Waals surface area contributed by atoms with E-state index in [0.717, 1.165) is 17.0 Å². The van der Waals surface area contributed by atoms with E-state index in [1.54, 1.807) is 6.07 Å². The van der Waals surface area contributed by atoms with Gasteiger partial charge in [0.1, 0.15) is 6.61 Å². The maximum Gasteiger partial charge on any atom is 0.311 e. The van der Waals surface area contributed by atoms with E-state index >= 15 is 0 Å². The van der Waals surface area contributed by atoms with Crippen molar-refractivity contribution in [3.8, 4) is 17.2 Å². The average Bonchev–Trinajstić information content (AvgIpc) is 2.72. The Morgan fingerprint density at radius 1 is 1.17 bits per heavy atom. The number of rotatable bonds is 4. The number of amides is 1. The zero-order valence-electron chi connectivity index (χ0n) is 14.9. The highest BCUT2D eigenvalue weighted by Gasteiger charge is 2.27. The lowest BCUT2D eigenvalue weighted by Crippen LogP contribution is -2.42. The SMILES string of the molecule is O=C(NN=Cc1cccc([N+](=O)[O-])c1O)C1COc2cc3ccccc3cc2O1. The quantitative estimate of drug-likeness (QED) is 0.399. The lowest BCUT2D eigenvalue weighted by atomic mass is 10.1. The molecule has 3 aromatic rings. The van der Waals surface area contributed by atoms with Crippen LogP contribution in [0.4, 0.5) is 5.69 Å². The minimum atomic E-state index is -0.917. The van der Waals surface area contributed by atoms with Crippen LogP contribution in [0.5, 0.6) is 17.2 Å². The molecule has 9 heteroatoms. The lowest BCUT2D eigenvalue weighted by Gasteiger charge is -2.25. The molecular formula is C20H15N3O6. The Labute approximate surface area is 164 Å². The van der Waals surface area contributed by atoms with Gasteiger partial charge in [0.15, 0.2) is 11.5 Å². The Morgan fingerprint density at radius 2 is 1.90 bits per heavy atom. The van der Waals surface area contributed by atoms with Gasteiger partial charge in [-0.25, -0.2) is 5.43 Å². The molecule has 0 aromatic heterocycles. The fraction of sp³-hybridized carbons (Fsp3) is 0.100. The van der Waals surface area contributed by atoms with Crippen LogP contribution >= 0.6 is 0 Å². The smallest absolute Gasteiger partial charge is 0.311 e. The van der Waals surface area contributed by atoms with Crippen LogP contribution in [0.15, 0.2) is 59.7 Å². The molecule has 1 heterocycles. The molecule has 1 atom stereocenters. The molecule has 3 aromatic carbocycles. The third-order valence-corrected chi connectivity index (χ3v) is 4.38. The van der Waals surface area contributed by atoms with Gasteiger partial charge >= 0.3 is 5.69 Å². The predicted molar refractivity (Wildman–Crippen MR) is 104 cm³/mol. The van der Waals surface area contributed by atoms with Gasteiger partial charge in [0, 0.05) is 11.6 Å². The van der Waals surface area contributed by atoms with E-state index in [-0.39, 0.29) is 12.2 Å². The Hall–Kier alpha value is -4.14. The van der Waals surface area contributed by atoms with Crippen LogP contribution in [0.3, 0.4) is 0 Å². The van der Waals surface area contributed by atoms with Crippen LogP contribution in [-0.2, 0) is 4.79 Å². The number of nitro groups is 1. The van der Waals surface area contributed by atoms with Gasteiger partial charge in [0.05, 0.1) is 11.1 Å². The number of carbonyl (C=O) groups excluding carboxylic acids is 1. The minimum absolute atomic E-state index is 0.00868. The molecule has 0 aliphatic carbocycles. The molecule has 9 nitrogen and oxygen atoms in total. The van der Waals surface area contributed by atoms with E-state index in [0.29, 0.717) is 11.5 Å². The lowest BCUT2D eigenvalue weighted by molar-refractivity contribution is -0.385. The van der Waals surface area contributed by atoms with E-state index in [1.165, 1.54) is 18.2 Å². The number of hydrogen-bond acceptors (Lipinski definition) is 7. The molecule has 4 rings (SSSR count). The van der Waals surface area contributed by atoms with Crippen molar-refractivity contribution in [1.82, 2.24) is 5.43 Å². The van der Waals surface area contributed by atoms with Crippen LogP contribution < -0.4 is 14.9 Å². The first kappa shape index (κ1) is 18.2. The summed E-state index contributed by atoms with van der Waals surface area (Å²) in [6.45, 7) is 0.00868. The number of hydrogen-bond donors (Lipinski definition) is 2. The van der Waals surface area contributed by atoms with Crippen molar-refractivity contribution in [2.75, 3.05) is 6.61 Å². The highest BCUT2D eigenvalue weighted by atomic mass is 16.6. The van der Waals surface area contributed by atoms with Crippen LogP contribution in [0.2, 0.25) is 0 Å². The number of fused-ring (bicyclic) bond motifs is 2. The van der Waals surface area contributed by atoms with E-state index < -0.39 is 28.4 Å². The van der Waals surface area contributed by atoms with Crippen LogP contribution in [0, 0.1) is 10.1 Å². The molecule has 0 fully saturated rings. The van der Waals surface area contributed by atoms with Crippen molar-refractivity contribution in [3.63, 3.8) is 0 Å². The molecule has 1 aliphatic heterocycles. The van der Waals surface area contributed by atoms with Gasteiger partial charge in [0.2, 0.25) is 11.9 Å². The molecule has 0 saturated heterocycles. The molecule has 0 radical (unpaired) electrons. The van der Waals surface area contributed by atoms with E-state index in [2.05, 4.69) is 10.5 Å². The predicted octanol–water partition coefficient (Wildman–Crippen LogP) is 2.74. The van der Waals surface area contributed by atoms with Crippen molar-refractivity contribution in [2.24, 2.45) is 5.10 Å². The Bertz CT molecular complexity index is 1140. The standard InChI is InChI=1S/C20H15N3O6/c24-19-14(6-3-7-15(19)23(26)27)10-21-22-20(25)18-11-28-16-8-12-4-1-2-5-13(12)9-17(16)29-18/h1-10,18,24H,11H2,(H,22,25). The average molecular weight is 393 g/mol. The Balaban J connectivity index is 1.45. The molecule has 1 amide bonds. The fourth-order valence-corrected chi connectivity index (χ4v) is 2.92. The summed E-state index contributed by atoms with van der Waals surface area (Å²) < 4.78 is 11.4. The summed E-state index contributed by atoms with van der Waals surface area (Å²) in [5.41, 5.74) is 1.93. The number of carbonyl (C=O) groups is 1. The topological polar surface area (TPSA) is 123 Å². The maximum atomic E-state index is 12.3. The highest BCUT2D eigenvalue weighted by Crippen LogP contribution is 2.35. The first-order valence-electron chi connectivity index (χ1n) is 8.64. The van der Waals surface area contributed by atoms with Crippen molar-refractivity contribution in [3.05, 3.63) is 70.3 Å². The molecular weight excluding hydrogens is 378 g/mol. The Morgan fingerprint density at radius 3 is 2.62 bits per heavy atom. The van der Waals surface area contributed by atoms with Gasteiger partial charge in [-0.15, -0.1) is 0 Å². The van der Waals surface area contributed by atoms with Crippen molar-refractivity contribution >= 4 is 28.6 Å². The van der Waals surface area contributed by atoms with Gasteiger partial charge in [-0.1, -0.05) is 30.3 Å². The molecule has 146 valence electrons. The van der Waals surface area contributed by atoms with E-state index in [1.807, 2.05) is 30.3 Å². The first-order valence-corrected chi connectivity index (χ1v) is 8.64. The maximum absolute atomic E-state index is 12.3. The van der Waals surface area contributed by atoms with Gasteiger partial charge in [-0.05, 0) is 29.0 Å². The van der Waals surface area contributed by atoms with Crippen molar-refractivity contribution in [1.29, 1.82) is 0 Å². The summed E-state index contributed by atoms with van der Waals surface area (Å²) in [7, 11) is 0. The van der Waals surface area contributed by atoms with Crippen LogP contribution in [-0.4, -0.2) is 34.9 Å². The number of aromatic hydroxyl groups is 1. The second-order valence-corrected chi connectivity index (χ2v) is 6.27. The Kier molecular flexibility index (Phi) is 4.70. The minimum Gasteiger partial charge on any atom is -0.502 e. The monoisotopic (exact) mass is 393 g/mol. The third-order valence-electron chi connectivity index (χ3n) is 4.38. The van der Waals surface area contributed by atoms with Gasteiger partial charge in [-0.3, -0.25) is 14.9 Å². The summed E-state index contributed by atoms with van der Waals surface area (Å²) >= 11 is 0. The molecule has 2 N–H and O–H groups in total. The molecule has 0 spiro atoms. The number of hydrazone groups is 1.